The second kappa shape index (κ2) is 8.61. The largest absolute Gasteiger partial charge is 0.490 e. The fourth-order valence-electron chi connectivity index (χ4n) is 2.82. The summed E-state index contributed by atoms with van der Waals surface area (Å²) in [7, 11) is 0. The number of benzene rings is 1. The van der Waals surface area contributed by atoms with E-state index in [4.69, 9.17) is 32.4 Å². The smallest absolute Gasteiger partial charge is 0.287 e. The SMILES string of the molecule is O=C(NCCN1CCC(Oc2ccc(Cl)c(Cl)c2)CC1)c1ccco1. The highest BCUT2D eigenvalue weighted by atomic mass is 35.5. The second-order valence-electron chi connectivity index (χ2n) is 5.97. The summed E-state index contributed by atoms with van der Waals surface area (Å²) < 4.78 is 11.0. The molecule has 0 unspecified atom stereocenters. The van der Waals surface area contributed by atoms with Crippen LogP contribution >= 0.6 is 23.2 Å². The molecule has 1 aliphatic heterocycles. The maximum atomic E-state index is 11.8. The first kappa shape index (κ1) is 18.1. The number of piperidine rings is 1. The minimum Gasteiger partial charge on any atom is -0.490 e. The molecular weight excluding hydrogens is 363 g/mol. The number of nitrogens with one attached hydrogen (secondary N) is 1. The number of carbonyl (C=O) groups is 1. The highest BCUT2D eigenvalue weighted by Gasteiger charge is 2.20. The van der Waals surface area contributed by atoms with Gasteiger partial charge >= 0.3 is 0 Å². The van der Waals surface area contributed by atoms with Gasteiger partial charge in [-0.25, -0.2) is 0 Å². The zero-order valence-corrected chi connectivity index (χ0v) is 15.2. The fourth-order valence-corrected chi connectivity index (χ4v) is 3.10. The summed E-state index contributed by atoms with van der Waals surface area (Å²) in [5, 5.41) is 3.89. The van der Waals surface area contributed by atoms with Crippen LogP contribution in [0.5, 0.6) is 5.75 Å². The zero-order valence-electron chi connectivity index (χ0n) is 13.7. The van der Waals surface area contributed by atoms with Crippen molar-refractivity contribution < 1.29 is 13.9 Å². The van der Waals surface area contributed by atoms with E-state index in [0.717, 1.165) is 38.2 Å². The number of halogens is 2. The number of ether oxygens (including phenoxy) is 1. The molecule has 0 saturated carbocycles. The number of amides is 1. The molecule has 25 heavy (non-hydrogen) atoms. The van der Waals surface area contributed by atoms with Crippen LogP contribution in [0.25, 0.3) is 0 Å². The average molecular weight is 383 g/mol. The van der Waals surface area contributed by atoms with Gasteiger partial charge in [0.05, 0.1) is 16.3 Å². The molecule has 1 amide bonds. The minimum atomic E-state index is -0.178. The van der Waals surface area contributed by atoms with Gasteiger partial charge in [0, 0.05) is 32.2 Å². The van der Waals surface area contributed by atoms with E-state index in [1.165, 1.54) is 6.26 Å². The standard InChI is InChI=1S/C18H20Cl2N2O3/c19-15-4-3-14(12-16(15)20)25-13-5-8-22(9-6-13)10-7-21-18(23)17-2-1-11-24-17/h1-4,11-13H,5-10H2,(H,21,23). The van der Waals surface area contributed by atoms with Crippen molar-refractivity contribution in [3.05, 3.63) is 52.4 Å². The van der Waals surface area contributed by atoms with Crippen LogP contribution in [0.4, 0.5) is 0 Å². The van der Waals surface area contributed by atoms with Crippen LogP contribution in [0, 0.1) is 0 Å². The third-order valence-electron chi connectivity index (χ3n) is 4.19. The van der Waals surface area contributed by atoms with Crippen LogP contribution in [0.2, 0.25) is 10.0 Å². The Balaban J connectivity index is 1.37. The van der Waals surface area contributed by atoms with Crippen molar-refractivity contribution in [3.63, 3.8) is 0 Å². The van der Waals surface area contributed by atoms with E-state index >= 15 is 0 Å². The molecule has 5 nitrogen and oxygen atoms in total. The van der Waals surface area contributed by atoms with Gasteiger partial charge in [0.25, 0.3) is 5.91 Å². The number of carbonyl (C=O) groups excluding carboxylic acids is 1. The highest BCUT2D eigenvalue weighted by Crippen LogP contribution is 2.28. The Morgan fingerprint density at radius 2 is 2.04 bits per heavy atom. The maximum Gasteiger partial charge on any atom is 0.287 e. The first-order valence-corrected chi connectivity index (χ1v) is 9.03. The molecule has 0 spiro atoms. The van der Waals surface area contributed by atoms with E-state index in [1.54, 1.807) is 24.3 Å². The van der Waals surface area contributed by atoms with Crippen molar-refractivity contribution in [2.75, 3.05) is 26.2 Å². The Hall–Kier alpha value is -1.69. The predicted octanol–water partition coefficient (Wildman–Crippen LogP) is 3.86. The van der Waals surface area contributed by atoms with E-state index in [9.17, 15) is 4.79 Å². The van der Waals surface area contributed by atoms with Gasteiger partial charge in [0.15, 0.2) is 5.76 Å². The van der Waals surface area contributed by atoms with Gasteiger partial charge in [-0.05, 0) is 37.1 Å². The fraction of sp³-hybridized carbons (Fsp3) is 0.389. The van der Waals surface area contributed by atoms with E-state index in [1.807, 2.05) is 6.07 Å². The molecule has 0 bridgehead atoms. The second-order valence-corrected chi connectivity index (χ2v) is 6.78. The topological polar surface area (TPSA) is 54.7 Å². The number of hydrogen-bond donors (Lipinski definition) is 1. The van der Waals surface area contributed by atoms with Crippen LogP contribution in [0.1, 0.15) is 23.4 Å². The van der Waals surface area contributed by atoms with Crippen molar-refractivity contribution >= 4 is 29.1 Å². The zero-order chi connectivity index (χ0) is 17.6. The maximum absolute atomic E-state index is 11.8. The molecule has 1 saturated heterocycles. The van der Waals surface area contributed by atoms with Gasteiger partial charge in [0.2, 0.25) is 0 Å². The number of furan rings is 1. The number of hydrogen-bond acceptors (Lipinski definition) is 4. The van der Waals surface area contributed by atoms with Crippen LogP contribution in [-0.2, 0) is 0 Å². The number of nitrogens with zero attached hydrogens (tertiary/aromatic N) is 1. The summed E-state index contributed by atoms with van der Waals surface area (Å²) in [5.74, 6) is 0.912. The van der Waals surface area contributed by atoms with Crippen LogP contribution < -0.4 is 10.1 Å². The Kier molecular flexibility index (Phi) is 6.24. The van der Waals surface area contributed by atoms with Crippen molar-refractivity contribution in [1.82, 2.24) is 10.2 Å². The van der Waals surface area contributed by atoms with Crippen LogP contribution in [0.3, 0.4) is 0 Å². The molecule has 2 heterocycles. The Morgan fingerprint density at radius 1 is 1.24 bits per heavy atom. The predicted molar refractivity (Wildman–Crippen MR) is 97.6 cm³/mol. The third-order valence-corrected chi connectivity index (χ3v) is 4.93. The average Bonchev–Trinajstić information content (AvgIpc) is 3.14. The van der Waals surface area contributed by atoms with Gasteiger partial charge in [-0.3, -0.25) is 4.79 Å². The van der Waals surface area contributed by atoms with E-state index in [-0.39, 0.29) is 12.0 Å². The summed E-state index contributed by atoms with van der Waals surface area (Å²) in [5.41, 5.74) is 0. The van der Waals surface area contributed by atoms with Gasteiger partial charge < -0.3 is 19.4 Å². The lowest BCUT2D eigenvalue weighted by molar-refractivity contribution is 0.0884. The Bertz CT molecular complexity index is 698. The van der Waals surface area contributed by atoms with Crippen molar-refractivity contribution in [2.45, 2.75) is 18.9 Å². The molecule has 0 aliphatic carbocycles. The summed E-state index contributed by atoms with van der Waals surface area (Å²) in [6, 6.07) is 8.69. The normalized spacial score (nSPS) is 15.9. The third kappa shape index (κ3) is 5.14. The highest BCUT2D eigenvalue weighted by molar-refractivity contribution is 6.42. The summed E-state index contributed by atoms with van der Waals surface area (Å²) in [6.07, 6.45) is 3.54. The van der Waals surface area contributed by atoms with Crippen molar-refractivity contribution in [2.24, 2.45) is 0 Å². The van der Waals surface area contributed by atoms with Crippen LogP contribution in [-0.4, -0.2) is 43.1 Å². The molecule has 1 aliphatic rings. The summed E-state index contributed by atoms with van der Waals surface area (Å²) in [6.45, 7) is 3.27. The quantitative estimate of drug-likeness (QED) is 0.823. The molecule has 1 aromatic heterocycles. The Labute approximate surface area is 156 Å². The van der Waals surface area contributed by atoms with Crippen LogP contribution in [0.15, 0.2) is 41.0 Å². The molecule has 1 N–H and O–H groups in total. The van der Waals surface area contributed by atoms with Crippen molar-refractivity contribution in [3.8, 4) is 5.75 Å². The first-order chi connectivity index (χ1) is 12.1. The lowest BCUT2D eigenvalue weighted by Gasteiger charge is -2.32. The molecule has 1 aromatic carbocycles. The molecule has 0 atom stereocenters. The molecule has 2 aromatic rings. The van der Waals surface area contributed by atoms with E-state index in [2.05, 4.69) is 10.2 Å². The molecular formula is C18H20Cl2N2O3. The van der Waals surface area contributed by atoms with Gasteiger partial charge in [-0.2, -0.15) is 0 Å². The summed E-state index contributed by atoms with van der Waals surface area (Å²) >= 11 is 11.9. The Morgan fingerprint density at radius 3 is 2.72 bits per heavy atom. The lowest BCUT2D eigenvalue weighted by Crippen LogP contribution is -2.42. The van der Waals surface area contributed by atoms with Gasteiger partial charge in [0.1, 0.15) is 11.9 Å². The van der Waals surface area contributed by atoms with E-state index in [0.29, 0.717) is 22.4 Å². The monoisotopic (exact) mass is 382 g/mol. The molecule has 134 valence electrons. The number of rotatable bonds is 6. The molecule has 3 rings (SSSR count). The number of likely N-dealkylation sites (tertiary alicyclic amines) is 1. The van der Waals surface area contributed by atoms with Gasteiger partial charge in [-0.1, -0.05) is 23.2 Å². The molecule has 7 heteroatoms. The first-order valence-electron chi connectivity index (χ1n) is 8.27. The van der Waals surface area contributed by atoms with Crippen molar-refractivity contribution in [1.29, 1.82) is 0 Å². The molecule has 0 radical (unpaired) electrons. The lowest BCUT2D eigenvalue weighted by atomic mass is 10.1. The van der Waals surface area contributed by atoms with E-state index < -0.39 is 0 Å². The molecule has 1 fully saturated rings. The summed E-state index contributed by atoms with van der Waals surface area (Å²) in [4.78, 5) is 14.1. The van der Waals surface area contributed by atoms with Gasteiger partial charge in [-0.15, -0.1) is 0 Å². The minimum absolute atomic E-state index is 0.172.